The number of nitrogens with two attached hydrogens (primary N) is 1. The number of rotatable bonds is 4. The van der Waals surface area contributed by atoms with E-state index in [1.165, 1.54) is 4.68 Å². The number of anilines is 2. The van der Waals surface area contributed by atoms with Crippen molar-refractivity contribution in [2.24, 2.45) is 0 Å². The Hall–Kier alpha value is -1.54. The fourth-order valence-electron chi connectivity index (χ4n) is 1.87. The fourth-order valence-corrected chi connectivity index (χ4v) is 3.26. The number of hydrogen-bond donors (Lipinski definition) is 2. The molecule has 20 heavy (non-hydrogen) atoms. The third-order valence-electron chi connectivity index (χ3n) is 2.67. The van der Waals surface area contributed by atoms with Crippen LogP contribution in [0.4, 0.5) is 11.6 Å². The van der Waals surface area contributed by atoms with Crippen molar-refractivity contribution in [3.05, 3.63) is 28.7 Å². The Labute approximate surface area is 126 Å². The number of nitrogen functional groups attached to an aromatic ring is 1. The third kappa shape index (κ3) is 2.66. The average Bonchev–Trinajstić information content (AvgIpc) is 2.67. The fraction of sp³-hybridized carbons (Fsp3) is 0.250. The van der Waals surface area contributed by atoms with Crippen LogP contribution < -0.4 is 11.1 Å². The highest BCUT2D eigenvalue weighted by Crippen LogP contribution is 2.31. The molecule has 0 unspecified atom stereocenters. The van der Waals surface area contributed by atoms with Gasteiger partial charge in [0, 0.05) is 17.3 Å². The largest absolute Gasteiger partial charge is 0.382 e. The van der Waals surface area contributed by atoms with Crippen LogP contribution in [-0.2, 0) is 9.84 Å². The molecule has 0 aliphatic heterocycles. The molecule has 0 aliphatic rings. The van der Waals surface area contributed by atoms with E-state index in [1.807, 2.05) is 25.1 Å². The summed E-state index contributed by atoms with van der Waals surface area (Å²) in [6.45, 7) is 2.41. The van der Waals surface area contributed by atoms with Crippen LogP contribution in [0.5, 0.6) is 0 Å². The Morgan fingerprint density at radius 1 is 1.40 bits per heavy atom. The molecule has 0 saturated carbocycles. The molecule has 1 aromatic heterocycles. The molecule has 1 aromatic carbocycles. The molecule has 0 radical (unpaired) electrons. The molecule has 0 bridgehead atoms. The van der Waals surface area contributed by atoms with E-state index in [-0.39, 0.29) is 16.5 Å². The molecule has 2 rings (SSSR count). The summed E-state index contributed by atoms with van der Waals surface area (Å²) in [6, 6.07) is 7.32. The first-order valence-electron chi connectivity index (χ1n) is 5.93. The topological polar surface area (TPSA) is 90.0 Å². The molecular weight excluding hydrogens is 344 g/mol. The van der Waals surface area contributed by atoms with Gasteiger partial charge >= 0.3 is 0 Å². The van der Waals surface area contributed by atoms with Gasteiger partial charge in [0.1, 0.15) is 5.82 Å². The second-order valence-corrected chi connectivity index (χ2v) is 7.04. The summed E-state index contributed by atoms with van der Waals surface area (Å²) >= 11 is 3.40. The van der Waals surface area contributed by atoms with Crippen molar-refractivity contribution in [1.29, 1.82) is 0 Å². The third-order valence-corrected chi connectivity index (χ3v) is 4.49. The number of halogens is 1. The minimum absolute atomic E-state index is 0.0232. The standard InChI is InChI=1S/C12H15BrN4O2S/c1-3-15-12-10(20(2,18)19)11(14)17(16-12)9-7-5-4-6-8(9)13/h4-7H,3,14H2,1-2H3,(H,15,16). The maximum Gasteiger partial charge on any atom is 0.182 e. The van der Waals surface area contributed by atoms with Gasteiger partial charge in [-0.2, -0.15) is 0 Å². The summed E-state index contributed by atoms with van der Waals surface area (Å²) in [4.78, 5) is 0.0232. The molecule has 0 aliphatic carbocycles. The Morgan fingerprint density at radius 2 is 2.05 bits per heavy atom. The van der Waals surface area contributed by atoms with Gasteiger partial charge in [0.25, 0.3) is 0 Å². The first-order chi connectivity index (χ1) is 9.36. The lowest BCUT2D eigenvalue weighted by atomic mass is 10.3. The van der Waals surface area contributed by atoms with E-state index < -0.39 is 9.84 Å². The van der Waals surface area contributed by atoms with Crippen LogP contribution in [0.1, 0.15) is 6.92 Å². The van der Waals surface area contributed by atoms with Crippen molar-refractivity contribution in [1.82, 2.24) is 9.78 Å². The molecule has 0 spiro atoms. The number of nitrogens with one attached hydrogen (secondary N) is 1. The maximum absolute atomic E-state index is 11.9. The lowest BCUT2D eigenvalue weighted by molar-refractivity contribution is 0.602. The van der Waals surface area contributed by atoms with Crippen LogP contribution in [0.15, 0.2) is 33.6 Å². The number of para-hydroxylation sites is 1. The molecule has 0 amide bonds. The van der Waals surface area contributed by atoms with Crippen molar-refractivity contribution in [3.8, 4) is 5.69 Å². The van der Waals surface area contributed by atoms with Crippen LogP contribution in [0.2, 0.25) is 0 Å². The molecule has 108 valence electrons. The molecule has 0 atom stereocenters. The van der Waals surface area contributed by atoms with Gasteiger partial charge in [-0.25, -0.2) is 13.1 Å². The SMILES string of the molecule is CCNc1nn(-c2ccccc2Br)c(N)c1S(C)(=O)=O. The minimum Gasteiger partial charge on any atom is -0.382 e. The minimum atomic E-state index is -3.47. The molecular formula is C12H15BrN4O2S. The van der Waals surface area contributed by atoms with Crippen LogP contribution in [0, 0.1) is 0 Å². The van der Waals surface area contributed by atoms with Gasteiger partial charge in [-0.3, -0.25) is 0 Å². The zero-order chi connectivity index (χ0) is 14.9. The molecule has 0 fully saturated rings. The summed E-state index contributed by atoms with van der Waals surface area (Å²) < 4.78 is 26.0. The summed E-state index contributed by atoms with van der Waals surface area (Å²) in [5, 5.41) is 7.20. The number of benzene rings is 1. The van der Waals surface area contributed by atoms with E-state index in [2.05, 4.69) is 26.3 Å². The number of hydrogen-bond acceptors (Lipinski definition) is 5. The van der Waals surface area contributed by atoms with E-state index in [9.17, 15) is 8.42 Å². The monoisotopic (exact) mass is 358 g/mol. The van der Waals surface area contributed by atoms with Crippen LogP contribution in [0.25, 0.3) is 5.69 Å². The van der Waals surface area contributed by atoms with Crippen molar-refractivity contribution < 1.29 is 8.42 Å². The number of nitrogens with zero attached hydrogens (tertiary/aromatic N) is 2. The number of aromatic nitrogens is 2. The van der Waals surface area contributed by atoms with Crippen LogP contribution >= 0.6 is 15.9 Å². The molecule has 1 heterocycles. The van der Waals surface area contributed by atoms with Gasteiger partial charge < -0.3 is 11.1 Å². The Kier molecular flexibility index (Phi) is 4.05. The molecule has 8 heteroatoms. The van der Waals surface area contributed by atoms with Crippen LogP contribution in [0.3, 0.4) is 0 Å². The molecule has 3 N–H and O–H groups in total. The predicted octanol–water partition coefficient (Wildman–Crippen LogP) is 2.05. The molecule has 2 aromatic rings. The van der Waals surface area contributed by atoms with Crippen molar-refractivity contribution in [2.75, 3.05) is 23.9 Å². The molecule has 6 nitrogen and oxygen atoms in total. The summed E-state index contributed by atoms with van der Waals surface area (Å²) in [5.74, 6) is 0.360. The van der Waals surface area contributed by atoms with Gasteiger partial charge in [0.05, 0.1) is 5.69 Å². The summed E-state index contributed by atoms with van der Waals surface area (Å²) in [6.07, 6.45) is 1.12. The van der Waals surface area contributed by atoms with Gasteiger partial charge in [-0.05, 0) is 35.0 Å². The Morgan fingerprint density at radius 3 is 2.60 bits per heavy atom. The highest BCUT2D eigenvalue weighted by Gasteiger charge is 2.25. The van der Waals surface area contributed by atoms with Crippen molar-refractivity contribution >= 4 is 37.4 Å². The van der Waals surface area contributed by atoms with Crippen molar-refractivity contribution in [3.63, 3.8) is 0 Å². The van der Waals surface area contributed by atoms with E-state index in [4.69, 9.17) is 5.73 Å². The Bertz CT molecular complexity index is 740. The lowest BCUT2D eigenvalue weighted by Gasteiger charge is -2.06. The molecule has 0 saturated heterocycles. The quantitative estimate of drug-likeness (QED) is 0.872. The van der Waals surface area contributed by atoms with E-state index in [0.29, 0.717) is 12.2 Å². The van der Waals surface area contributed by atoms with Gasteiger partial charge in [0.2, 0.25) is 0 Å². The summed E-state index contributed by atoms with van der Waals surface area (Å²) in [5.41, 5.74) is 6.66. The smallest absolute Gasteiger partial charge is 0.182 e. The van der Waals surface area contributed by atoms with E-state index >= 15 is 0 Å². The zero-order valence-corrected chi connectivity index (χ0v) is 13.5. The summed E-state index contributed by atoms with van der Waals surface area (Å²) in [7, 11) is -3.47. The van der Waals surface area contributed by atoms with E-state index in [1.54, 1.807) is 6.07 Å². The van der Waals surface area contributed by atoms with E-state index in [0.717, 1.165) is 10.7 Å². The second kappa shape index (κ2) is 5.45. The average molecular weight is 359 g/mol. The number of sulfone groups is 1. The zero-order valence-electron chi connectivity index (χ0n) is 11.1. The highest BCUT2D eigenvalue weighted by molar-refractivity contribution is 9.10. The highest BCUT2D eigenvalue weighted by atomic mass is 79.9. The Balaban J connectivity index is 2.72. The van der Waals surface area contributed by atoms with Crippen molar-refractivity contribution in [2.45, 2.75) is 11.8 Å². The van der Waals surface area contributed by atoms with Gasteiger partial charge in [-0.15, -0.1) is 5.10 Å². The maximum atomic E-state index is 11.9. The first kappa shape index (κ1) is 14.9. The van der Waals surface area contributed by atoms with Gasteiger partial charge in [0.15, 0.2) is 20.6 Å². The normalized spacial score (nSPS) is 11.6. The predicted molar refractivity (Wildman–Crippen MR) is 82.9 cm³/mol. The van der Waals surface area contributed by atoms with Crippen LogP contribution in [-0.4, -0.2) is 31.0 Å². The lowest BCUT2D eigenvalue weighted by Crippen LogP contribution is -2.06. The van der Waals surface area contributed by atoms with Gasteiger partial charge in [-0.1, -0.05) is 12.1 Å². The first-order valence-corrected chi connectivity index (χ1v) is 8.62. The second-order valence-electron chi connectivity index (χ2n) is 4.23.